The van der Waals surface area contributed by atoms with Gasteiger partial charge in [-0.15, -0.1) is 10.2 Å². The fraction of sp³-hybridized carbons (Fsp3) is 0.444. The number of benzene rings is 1. The number of nitrogens with zero attached hydrogens (tertiary/aromatic N) is 3. The number of nitrogens with one attached hydrogen (secondary N) is 1. The normalized spacial score (nSPS) is 14.5. The van der Waals surface area contributed by atoms with Gasteiger partial charge in [-0.1, -0.05) is 30.0 Å². The Hall–Kier alpha value is -2.35. The molecule has 1 aliphatic rings. The second-order valence-corrected chi connectivity index (χ2v) is 7.50. The Kier molecular flexibility index (Phi) is 5.61. The van der Waals surface area contributed by atoms with Crippen LogP contribution in [0.5, 0.6) is 0 Å². The van der Waals surface area contributed by atoms with Crippen molar-refractivity contribution < 1.29 is 4.79 Å². The van der Waals surface area contributed by atoms with Crippen LogP contribution in [0.2, 0.25) is 0 Å². The van der Waals surface area contributed by atoms with E-state index in [1.807, 2.05) is 6.92 Å². The van der Waals surface area contributed by atoms with Gasteiger partial charge in [0.05, 0.1) is 11.8 Å². The summed E-state index contributed by atoms with van der Waals surface area (Å²) in [5.74, 6) is 5.65. The fourth-order valence-corrected chi connectivity index (χ4v) is 3.75. The lowest BCUT2D eigenvalue weighted by atomic mass is 9.89. The molecular formula is C18H23N5O2S. The Morgan fingerprint density at radius 1 is 1.31 bits per heavy atom. The minimum atomic E-state index is -0.412. The predicted molar refractivity (Wildman–Crippen MR) is 102 cm³/mol. The second kappa shape index (κ2) is 7.90. The molecule has 1 aromatic heterocycles. The van der Waals surface area contributed by atoms with E-state index in [-0.39, 0.29) is 28.6 Å². The van der Waals surface area contributed by atoms with E-state index in [4.69, 9.17) is 5.84 Å². The number of nitrogen functional groups attached to an aromatic ring is 1. The standard InChI is InChI=1S/C18H23N5O2S/c1-11(14-8-7-13-5-3-4-6-15(13)9-14)20-16(24)10-26-18-22-21-12(2)17(25)23(18)19/h7-9,11H,3-6,10,19H2,1-2H3,(H,20,24)/t11-/m0/s1. The van der Waals surface area contributed by atoms with Gasteiger partial charge < -0.3 is 11.2 Å². The van der Waals surface area contributed by atoms with E-state index in [0.29, 0.717) is 0 Å². The SMILES string of the molecule is Cc1nnc(SCC(=O)N[C@@H](C)c2ccc3c(c2)CCCC3)n(N)c1=O. The number of carbonyl (C=O) groups is 1. The first-order valence-electron chi connectivity index (χ1n) is 8.71. The summed E-state index contributed by atoms with van der Waals surface area (Å²) >= 11 is 1.09. The molecule has 7 nitrogen and oxygen atoms in total. The number of thioether (sulfide) groups is 1. The van der Waals surface area contributed by atoms with Gasteiger partial charge in [0.2, 0.25) is 11.1 Å². The van der Waals surface area contributed by atoms with E-state index in [1.165, 1.54) is 24.0 Å². The minimum absolute atomic E-state index is 0.0838. The van der Waals surface area contributed by atoms with Gasteiger partial charge in [-0.3, -0.25) is 9.59 Å². The second-order valence-electron chi connectivity index (χ2n) is 6.56. The minimum Gasteiger partial charge on any atom is -0.349 e. The Labute approximate surface area is 156 Å². The quantitative estimate of drug-likeness (QED) is 0.608. The molecule has 8 heteroatoms. The molecule has 1 aliphatic carbocycles. The molecule has 1 heterocycles. The number of hydrogen-bond donors (Lipinski definition) is 2. The van der Waals surface area contributed by atoms with Crippen LogP contribution in [0, 0.1) is 6.92 Å². The molecule has 2 aromatic rings. The Balaban J connectivity index is 1.59. The van der Waals surface area contributed by atoms with Gasteiger partial charge in [0.25, 0.3) is 5.56 Å². The molecule has 0 aliphatic heterocycles. The van der Waals surface area contributed by atoms with Crippen LogP contribution >= 0.6 is 11.8 Å². The lowest BCUT2D eigenvalue weighted by Crippen LogP contribution is -2.33. The molecular weight excluding hydrogens is 350 g/mol. The largest absolute Gasteiger partial charge is 0.349 e. The molecule has 0 bridgehead atoms. The van der Waals surface area contributed by atoms with E-state index >= 15 is 0 Å². The number of hydrogen-bond acceptors (Lipinski definition) is 6. The molecule has 0 saturated heterocycles. The average Bonchev–Trinajstić information content (AvgIpc) is 2.65. The maximum Gasteiger partial charge on any atom is 0.294 e. The van der Waals surface area contributed by atoms with Crippen molar-refractivity contribution in [3.05, 3.63) is 50.9 Å². The lowest BCUT2D eigenvalue weighted by molar-refractivity contribution is -0.119. The summed E-state index contributed by atoms with van der Waals surface area (Å²) in [5.41, 5.74) is 3.74. The summed E-state index contributed by atoms with van der Waals surface area (Å²) in [6, 6.07) is 6.39. The Morgan fingerprint density at radius 3 is 2.81 bits per heavy atom. The van der Waals surface area contributed by atoms with Gasteiger partial charge in [0.15, 0.2) is 0 Å². The van der Waals surface area contributed by atoms with Crippen molar-refractivity contribution >= 4 is 17.7 Å². The maximum absolute atomic E-state index is 12.2. The highest BCUT2D eigenvalue weighted by Crippen LogP contribution is 2.24. The lowest BCUT2D eigenvalue weighted by Gasteiger charge is -2.20. The third-order valence-electron chi connectivity index (χ3n) is 4.60. The number of aryl methyl sites for hydroxylation is 3. The first kappa shape index (κ1) is 18.4. The summed E-state index contributed by atoms with van der Waals surface area (Å²) < 4.78 is 0.924. The van der Waals surface area contributed by atoms with E-state index in [1.54, 1.807) is 6.92 Å². The van der Waals surface area contributed by atoms with Crippen molar-refractivity contribution in [1.29, 1.82) is 0 Å². The number of amides is 1. The number of rotatable bonds is 5. The van der Waals surface area contributed by atoms with Gasteiger partial charge in [-0.05, 0) is 56.2 Å². The third-order valence-corrected chi connectivity index (χ3v) is 5.55. The Bertz CT molecular complexity index is 880. The van der Waals surface area contributed by atoms with E-state index in [9.17, 15) is 9.59 Å². The zero-order valence-corrected chi connectivity index (χ0v) is 15.8. The first-order chi connectivity index (χ1) is 12.5. The average molecular weight is 373 g/mol. The van der Waals surface area contributed by atoms with E-state index in [0.717, 1.165) is 34.8 Å². The van der Waals surface area contributed by atoms with Crippen LogP contribution in [0.25, 0.3) is 0 Å². The van der Waals surface area contributed by atoms with Crippen LogP contribution in [0.4, 0.5) is 0 Å². The van der Waals surface area contributed by atoms with Gasteiger partial charge >= 0.3 is 0 Å². The highest BCUT2D eigenvalue weighted by Gasteiger charge is 2.15. The third kappa shape index (κ3) is 4.07. The molecule has 0 unspecified atom stereocenters. The molecule has 26 heavy (non-hydrogen) atoms. The molecule has 0 saturated carbocycles. The summed E-state index contributed by atoms with van der Waals surface area (Å²) in [5, 5.41) is 10.8. The predicted octanol–water partition coefficient (Wildman–Crippen LogP) is 1.51. The van der Waals surface area contributed by atoms with Gasteiger partial charge in [-0.25, -0.2) is 0 Å². The molecule has 0 fully saturated rings. The molecule has 1 amide bonds. The molecule has 3 N–H and O–H groups in total. The van der Waals surface area contributed by atoms with Crippen molar-refractivity contribution in [3.8, 4) is 0 Å². The molecule has 3 rings (SSSR count). The van der Waals surface area contributed by atoms with Crippen molar-refractivity contribution in [3.63, 3.8) is 0 Å². The molecule has 1 aromatic carbocycles. The Morgan fingerprint density at radius 2 is 2.04 bits per heavy atom. The van der Waals surface area contributed by atoms with Gasteiger partial charge in [0, 0.05) is 0 Å². The highest BCUT2D eigenvalue weighted by atomic mass is 32.2. The van der Waals surface area contributed by atoms with Crippen LogP contribution in [-0.2, 0) is 17.6 Å². The van der Waals surface area contributed by atoms with Crippen LogP contribution in [-0.4, -0.2) is 26.5 Å². The van der Waals surface area contributed by atoms with E-state index < -0.39 is 5.56 Å². The summed E-state index contributed by atoms with van der Waals surface area (Å²) in [7, 11) is 0. The zero-order valence-electron chi connectivity index (χ0n) is 15.0. The number of fused-ring (bicyclic) bond motifs is 1. The number of aromatic nitrogens is 3. The van der Waals surface area contributed by atoms with Crippen molar-refractivity contribution in [1.82, 2.24) is 20.2 Å². The van der Waals surface area contributed by atoms with Gasteiger partial charge in [-0.2, -0.15) is 4.68 Å². The van der Waals surface area contributed by atoms with Crippen molar-refractivity contribution in [2.24, 2.45) is 0 Å². The number of carbonyl (C=O) groups excluding carboxylic acids is 1. The van der Waals surface area contributed by atoms with Crippen LogP contribution in [0.1, 0.15) is 48.2 Å². The van der Waals surface area contributed by atoms with Crippen LogP contribution < -0.4 is 16.7 Å². The topological polar surface area (TPSA) is 103 Å². The highest BCUT2D eigenvalue weighted by molar-refractivity contribution is 7.99. The van der Waals surface area contributed by atoms with Crippen LogP contribution in [0.3, 0.4) is 0 Å². The van der Waals surface area contributed by atoms with E-state index in [2.05, 4.69) is 33.7 Å². The zero-order chi connectivity index (χ0) is 18.7. The molecule has 0 radical (unpaired) electrons. The maximum atomic E-state index is 12.2. The monoisotopic (exact) mass is 373 g/mol. The smallest absolute Gasteiger partial charge is 0.294 e. The molecule has 138 valence electrons. The number of nitrogens with two attached hydrogens (primary N) is 1. The summed E-state index contributed by atoms with van der Waals surface area (Å²) in [4.78, 5) is 24.0. The van der Waals surface area contributed by atoms with Gasteiger partial charge in [0.1, 0.15) is 5.69 Å². The molecule has 1 atom stereocenters. The molecule has 0 spiro atoms. The van der Waals surface area contributed by atoms with Crippen LogP contribution in [0.15, 0.2) is 28.2 Å². The first-order valence-corrected chi connectivity index (χ1v) is 9.69. The summed E-state index contributed by atoms with van der Waals surface area (Å²) in [6.07, 6.45) is 4.74. The fourth-order valence-electron chi connectivity index (χ4n) is 3.09. The summed E-state index contributed by atoms with van der Waals surface area (Å²) in [6.45, 7) is 3.51. The van der Waals surface area contributed by atoms with Crippen molar-refractivity contribution in [2.45, 2.75) is 50.7 Å². The van der Waals surface area contributed by atoms with Crippen molar-refractivity contribution in [2.75, 3.05) is 11.6 Å².